The molecule has 1 aromatic rings. The number of aromatic nitrogens is 2. The van der Waals surface area contributed by atoms with Crippen LogP contribution in [0.3, 0.4) is 0 Å². The standard InChI is InChI=1S/C11H19ClN4O2S/c1-16-7-10(14-11(16)12)19(17,18)15-9-5-3-2-4-8(9)6-13/h7-9,15H,2-6,13H2,1H3/t8-,9+/m0/s1. The Morgan fingerprint density at radius 1 is 1.53 bits per heavy atom. The summed E-state index contributed by atoms with van der Waals surface area (Å²) in [5.74, 6) is 0.197. The Morgan fingerprint density at radius 2 is 2.21 bits per heavy atom. The SMILES string of the molecule is Cn1cc(S(=O)(=O)N[C@@H]2CCCC[C@H]2CN)nc1Cl. The van der Waals surface area contributed by atoms with Crippen LogP contribution in [0.15, 0.2) is 11.2 Å². The van der Waals surface area contributed by atoms with Gasteiger partial charge in [-0.15, -0.1) is 0 Å². The molecule has 0 bridgehead atoms. The summed E-state index contributed by atoms with van der Waals surface area (Å²) in [5.41, 5.74) is 5.70. The van der Waals surface area contributed by atoms with Crippen LogP contribution in [0, 0.1) is 5.92 Å². The molecule has 1 heterocycles. The van der Waals surface area contributed by atoms with Crippen molar-refractivity contribution in [2.45, 2.75) is 36.8 Å². The number of nitrogens with one attached hydrogen (secondary N) is 1. The molecule has 1 aliphatic carbocycles. The molecule has 19 heavy (non-hydrogen) atoms. The average molecular weight is 307 g/mol. The minimum absolute atomic E-state index is 0.0404. The zero-order valence-electron chi connectivity index (χ0n) is 10.8. The Bertz CT molecular complexity index is 523. The summed E-state index contributed by atoms with van der Waals surface area (Å²) in [5, 5.41) is 0.112. The van der Waals surface area contributed by atoms with Crippen molar-refractivity contribution in [3.8, 4) is 0 Å². The van der Waals surface area contributed by atoms with Crippen LogP contribution in [-0.4, -0.2) is 30.6 Å². The first-order valence-corrected chi connectivity index (χ1v) is 8.21. The summed E-state index contributed by atoms with van der Waals surface area (Å²) in [4.78, 5) is 3.84. The van der Waals surface area contributed by atoms with E-state index in [9.17, 15) is 8.42 Å². The third kappa shape index (κ3) is 3.28. The molecule has 0 unspecified atom stereocenters. The minimum Gasteiger partial charge on any atom is -0.330 e. The molecule has 1 fully saturated rings. The zero-order valence-corrected chi connectivity index (χ0v) is 12.4. The normalized spacial score (nSPS) is 24.6. The number of sulfonamides is 1. The molecule has 0 amide bonds. The van der Waals surface area contributed by atoms with E-state index in [1.807, 2.05) is 0 Å². The van der Waals surface area contributed by atoms with Gasteiger partial charge in [-0.2, -0.15) is 0 Å². The van der Waals surface area contributed by atoms with Crippen LogP contribution >= 0.6 is 11.6 Å². The second-order valence-corrected chi connectivity index (χ2v) is 6.97. The highest BCUT2D eigenvalue weighted by molar-refractivity contribution is 7.89. The van der Waals surface area contributed by atoms with E-state index in [0.29, 0.717) is 6.54 Å². The number of rotatable bonds is 4. The molecule has 0 aromatic carbocycles. The fourth-order valence-corrected chi connectivity index (χ4v) is 3.97. The van der Waals surface area contributed by atoms with Crippen molar-refractivity contribution < 1.29 is 8.42 Å². The lowest BCUT2D eigenvalue weighted by atomic mass is 9.85. The monoisotopic (exact) mass is 306 g/mol. The first-order chi connectivity index (χ1) is 8.94. The van der Waals surface area contributed by atoms with E-state index in [0.717, 1.165) is 25.7 Å². The summed E-state index contributed by atoms with van der Waals surface area (Å²) in [7, 11) is -1.98. The van der Waals surface area contributed by atoms with Crippen molar-refractivity contribution in [1.29, 1.82) is 0 Å². The summed E-state index contributed by atoms with van der Waals surface area (Å²) in [6.45, 7) is 0.496. The van der Waals surface area contributed by atoms with Gasteiger partial charge in [0.15, 0.2) is 5.03 Å². The van der Waals surface area contributed by atoms with Gasteiger partial charge in [-0.25, -0.2) is 18.1 Å². The Labute approximate surface area is 118 Å². The zero-order chi connectivity index (χ0) is 14.0. The molecule has 1 aliphatic rings. The van der Waals surface area contributed by atoms with E-state index in [-0.39, 0.29) is 22.3 Å². The van der Waals surface area contributed by atoms with Crippen LogP contribution < -0.4 is 10.5 Å². The maximum atomic E-state index is 12.2. The fourth-order valence-electron chi connectivity index (χ4n) is 2.45. The van der Waals surface area contributed by atoms with Crippen molar-refractivity contribution >= 4 is 21.6 Å². The largest absolute Gasteiger partial charge is 0.330 e. The summed E-state index contributed by atoms with van der Waals surface area (Å²) >= 11 is 5.77. The van der Waals surface area contributed by atoms with Gasteiger partial charge in [0.05, 0.1) is 0 Å². The van der Waals surface area contributed by atoms with Gasteiger partial charge in [-0.1, -0.05) is 12.8 Å². The minimum atomic E-state index is -3.63. The van der Waals surface area contributed by atoms with E-state index < -0.39 is 10.0 Å². The van der Waals surface area contributed by atoms with Crippen LogP contribution in [0.2, 0.25) is 5.28 Å². The molecule has 6 nitrogen and oxygen atoms in total. The molecule has 0 radical (unpaired) electrons. The predicted molar refractivity (Wildman–Crippen MR) is 73.3 cm³/mol. The van der Waals surface area contributed by atoms with E-state index in [2.05, 4.69) is 9.71 Å². The average Bonchev–Trinajstić information content (AvgIpc) is 2.71. The topological polar surface area (TPSA) is 90.0 Å². The van der Waals surface area contributed by atoms with Crippen molar-refractivity contribution in [1.82, 2.24) is 14.3 Å². The van der Waals surface area contributed by atoms with Crippen LogP contribution in [0.25, 0.3) is 0 Å². The summed E-state index contributed by atoms with van der Waals surface area (Å²) in [6.07, 6.45) is 5.32. The molecule has 3 N–H and O–H groups in total. The molecular weight excluding hydrogens is 288 g/mol. The lowest BCUT2D eigenvalue weighted by molar-refractivity contribution is 0.296. The molecule has 2 atom stereocenters. The Balaban J connectivity index is 2.16. The van der Waals surface area contributed by atoms with Gasteiger partial charge in [0.1, 0.15) is 0 Å². The van der Waals surface area contributed by atoms with Crippen LogP contribution in [0.5, 0.6) is 0 Å². The first-order valence-electron chi connectivity index (χ1n) is 6.35. The van der Waals surface area contributed by atoms with Gasteiger partial charge in [-0.05, 0) is 36.9 Å². The number of hydrogen-bond acceptors (Lipinski definition) is 4. The van der Waals surface area contributed by atoms with E-state index in [4.69, 9.17) is 17.3 Å². The number of aryl methyl sites for hydroxylation is 1. The predicted octanol–water partition coefficient (Wildman–Crippen LogP) is 0.869. The lowest BCUT2D eigenvalue weighted by Crippen LogP contribution is -2.44. The van der Waals surface area contributed by atoms with E-state index in [1.54, 1.807) is 7.05 Å². The molecule has 108 valence electrons. The van der Waals surface area contributed by atoms with Crippen molar-refractivity contribution in [2.75, 3.05) is 6.54 Å². The molecule has 1 saturated carbocycles. The third-order valence-electron chi connectivity index (χ3n) is 3.59. The molecule has 0 spiro atoms. The molecule has 2 rings (SSSR count). The summed E-state index contributed by atoms with van der Waals surface area (Å²) < 4.78 is 28.7. The Kier molecular flexibility index (Phi) is 4.50. The van der Waals surface area contributed by atoms with Crippen LogP contribution in [0.4, 0.5) is 0 Å². The van der Waals surface area contributed by atoms with Gasteiger partial charge in [-0.3, -0.25) is 0 Å². The second-order valence-electron chi connectivity index (χ2n) is 4.97. The van der Waals surface area contributed by atoms with Gasteiger partial charge in [0, 0.05) is 19.3 Å². The van der Waals surface area contributed by atoms with Crippen LogP contribution in [0.1, 0.15) is 25.7 Å². The smallest absolute Gasteiger partial charge is 0.259 e. The van der Waals surface area contributed by atoms with Gasteiger partial charge in [0.2, 0.25) is 5.28 Å². The highest BCUT2D eigenvalue weighted by atomic mass is 35.5. The van der Waals surface area contributed by atoms with E-state index >= 15 is 0 Å². The fraction of sp³-hybridized carbons (Fsp3) is 0.727. The van der Waals surface area contributed by atoms with Gasteiger partial charge >= 0.3 is 0 Å². The van der Waals surface area contributed by atoms with Crippen molar-refractivity contribution in [3.63, 3.8) is 0 Å². The molecule has 8 heteroatoms. The number of halogens is 1. The molecule has 1 aromatic heterocycles. The number of hydrogen-bond donors (Lipinski definition) is 2. The maximum absolute atomic E-state index is 12.2. The summed E-state index contributed by atoms with van der Waals surface area (Å²) in [6, 6.07) is -0.107. The highest BCUT2D eigenvalue weighted by Gasteiger charge is 2.29. The maximum Gasteiger partial charge on any atom is 0.259 e. The Hall–Kier alpha value is -0.630. The van der Waals surface area contributed by atoms with Gasteiger partial charge in [0.25, 0.3) is 10.0 Å². The molecular formula is C11H19ClN4O2S. The van der Waals surface area contributed by atoms with Crippen molar-refractivity contribution in [3.05, 3.63) is 11.5 Å². The van der Waals surface area contributed by atoms with Crippen LogP contribution in [-0.2, 0) is 17.1 Å². The van der Waals surface area contributed by atoms with Crippen molar-refractivity contribution in [2.24, 2.45) is 18.7 Å². The Morgan fingerprint density at radius 3 is 2.79 bits per heavy atom. The highest BCUT2D eigenvalue weighted by Crippen LogP contribution is 2.25. The van der Waals surface area contributed by atoms with Gasteiger partial charge < -0.3 is 10.3 Å². The lowest BCUT2D eigenvalue weighted by Gasteiger charge is -2.30. The number of nitrogens with zero attached hydrogens (tertiary/aromatic N) is 2. The van der Waals surface area contributed by atoms with E-state index in [1.165, 1.54) is 10.8 Å². The quantitative estimate of drug-likeness (QED) is 0.863. The first kappa shape index (κ1) is 14.8. The molecule has 0 saturated heterocycles. The number of nitrogens with two attached hydrogens (primary N) is 1. The molecule has 0 aliphatic heterocycles. The third-order valence-corrected chi connectivity index (χ3v) is 5.30. The second kappa shape index (κ2) is 5.78. The number of imidazole rings is 1.